The van der Waals surface area contributed by atoms with Gasteiger partial charge in [0.25, 0.3) is 11.6 Å². The standard InChI is InChI=1S/C16H12ClN3O4/c17-13-7-6-11(20(23)24)9-10(13)5-8-15(21)19-14-4-2-1-3-12(14)16(18)22/h1-9H,(H2,18,22)(H,19,21). The molecule has 0 aromatic heterocycles. The Labute approximate surface area is 141 Å². The summed E-state index contributed by atoms with van der Waals surface area (Å²) < 4.78 is 0. The average Bonchev–Trinajstić information content (AvgIpc) is 2.54. The Morgan fingerprint density at radius 1 is 1.21 bits per heavy atom. The van der Waals surface area contributed by atoms with E-state index in [1.807, 2.05) is 0 Å². The van der Waals surface area contributed by atoms with Crippen molar-refractivity contribution in [2.75, 3.05) is 5.32 Å². The van der Waals surface area contributed by atoms with E-state index < -0.39 is 16.7 Å². The molecule has 0 radical (unpaired) electrons. The molecule has 0 aliphatic rings. The van der Waals surface area contributed by atoms with Crippen LogP contribution < -0.4 is 11.1 Å². The van der Waals surface area contributed by atoms with Gasteiger partial charge in [-0.05, 0) is 24.3 Å². The number of non-ortho nitro benzene ring substituents is 1. The fraction of sp³-hybridized carbons (Fsp3) is 0. The molecule has 3 N–H and O–H groups in total. The Morgan fingerprint density at radius 3 is 2.58 bits per heavy atom. The molecule has 0 saturated heterocycles. The molecule has 0 spiro atoms. The molecule has 0 bridgehead atoms. The van der Waals surface area contributed by atoms with Gasteiger partial charge in [-0.1, -0.05) is 23.7 Å². The summed E-state index contributed by atoms with van der Waals surface area (Å²) in [5, 5.41) is 13.5. The van der Waals surface area contributed by atoms with Gasteiger partial charge in [-0.25, -0.2) is 0 Å². The van der Waals surface area contributed by atoms with Crippen LogP contribution in [0.3, 0.4) is 0 Å². The molecule has 7 nitrogen and oxygen atoms in total. The zero-order valence-corrected chi connectivity index (χ0v) is 13.0. The van der Waals surface area contributed by atoms with E-state index >= 15 is 0 Å². The molecule has 2 amide bonds. The number of hydrogen-bond acceptors (Lipinski definition) is 4. The van der Waals surface area contributed by atoms with Crippen LogP contribution in [-0.2, 0) is 4.79 Å². The number of nitro benzene ring substituents is 1. The number of carbonyl (C=O) groups is 2. The van der Waals surface area contributed by atoms with Gasteiger partial charge in [0, 0.05) is 28.8 Å². The molecule has 0 fully saturated rings. The van der Waals surface area contributed by atoms with Gasteiger partial charge in [-0.2, -0.15) is 0 Å². The Balaban J connectivity index is 2.19. The predicted octanol–water partition coefficient (Wildman–Crippen LogP) is 3.00. The number of nitrogens with zero attached hydrogens (tertiary/aromatic N) is 1. The third-order valence-electron chi connectivity index (χ3n) is 3.06. The van der Waals surface area contributed by atoms with Gasteiger partial charge in [0.05, 0.1) is 16.2 Å². The number of nitro groups is 1. The minimum absolute atomic E-state index is 0.140. The van der Waals surface area contributed by atoms with Gasteiger partial charge in [-0.3, -0.25) is 19.7 Å². The number of primary amides is 1. The number of nitrogens with one attached hydrogen (secondary N) is 1. The van der Waals surface area contributed by atoms with Crippen molar-refractivity contribution in [1.29, 1.82) is 0 Å². The van der Waals surface area contributed by atoms with Crippen LogP contribution in [0.15, 0.2) is 48.5 Å². The molecular formula is C16H12ClN3O4. The summed E-state index contributed by atoms with van der Waals surface area (Å²) in [4.78, 5) is 33.5. The Hall–Kier alpha value is -3.19. The summed E-state index contributed by atoms with van der Waals surface area (Å²) in [6, 6.07) is 10.2. The van der Waals surface area contributed by atoms with E-state index in [-0.39, 0.29) is 22.0 Å². The number of para-hydroxylation sites is 1. The van der Waals surface area contributed by atoms with Crippen LogP contribution in [0.1, 0.15) is 15.9 Å². The van der Waals surface area contributed by atoms with Crippen molar-refractivity contribution < 1.29 is 14.5 Å². The van der Waals surface area contributed by atoms with Crippen molar-refractivity contribution in [1.82, 2.24) is 0 Å². The van der Waals surface area contributed by atoms with Crippen LogP contribution in [0, 0.1) is 10.1 Å². The minimum atomic E-state index is -0.670. The Bertz CT molecular complexity index is 849. The molecule has 0 aliphatic heterocycles. The molecule has 8 heteroatoms. The third-order valence-corrected chi connectivity index (χ3v) is 3.40. The molecule has 0 aliphatic carbocycles. The van der Waals surface area contributed by atoms with E-state index in [0.29, 0.717) is 5.56 Å². The molecule has 0 unspecified atom stereocenters. The minimum Gasteiger partial charge on any atom is -0.366 e. The van der Waals surface area contributed by atoms with Gasteiger partial charge in [0.2, 0.25) is 5.91 Å². The molecular weight excluding hydrogens is 334 g/mol. The maximum atomic E-state index is 12.0. The number of benzene rings is 2. The lowest BCUT2D eigenvalue weighted by molar-refractivity contribution is -0.384. The zero-order valence-electron chi connectivity index (χ0n) is 12.2. The second-order valence-corrected chi connectivity index (χ2v) is 5.10. The topological polar surface area (TPSA) is 115 Å². The number of nitrogens with two attached hydrogens (primary N) is 1. The number of anilines is 1. The maximum Gasteiger partial charge on any atom is 0.270 e. The molecule has 0 saturated carbocycles. The van der Waals surface area contributed by atoms with Crippen molar-refractivity contribution in [3.63, 3.8) is 0 Å². The summed E-state index contributed by atoms with van der Waals surface area (Å²) in [7, 11) is 0. The molecule has 2 rings (SSSR count). The average molecular weight is 346 g/mol. The van der Waals surface area contributed by atoms with Crippen molar-refractivity contribution in [3.05, 3.63) is 74.8 Å². The zero-order chi connectivity index (χ0) is 17.7. The lowest BCUT2D eigenvalue weighted by Gasteiger charge is -2.06. The molecule has 24 heavy (non-hydrogen) atoms. The highest BCUT2D eigenvalue weighted by molar-refractivity contribution is 6.32. The van der Waals surface area contributed by atoms with Gasteiger partial charge >= 0.3 is 0 Å². The van der Waals surface area contributed by atoms with E-state index in [2.05, 4.69) is 5.32 Å². The SMILES string of the molecule is NC(=O)c1ccccc1NC(=O)C=Cc1cc([N+](=O)[O-])ccc1Cl. The van der Waals surface area contributed by atoms with Crippen LogP contribution >= 0.6 is 11.6 Å². The lowest BCUT2D eigenvalue weighted by atomic mass is 10.1. The summed E-state index contributed by atoms with van der Waals surface area (Å²) in [5.41, 5.74) is 5.86. The summed E-state index contributed by atoms with van der Waals surface area (Å²) in [6.45, 7) is 0. The van der Waals surface area contributed by atoms with Crippen molar-refractivity contribution >= 4 is 40.9 Å². The highest BCUT2D eigenvalue weighted by Crippen LogP contribution is 2.23. The van der Waals surface area contributed by atoms with Crippen molar-refractivity contribution in [3.8, 4) is 0 Å². The molecule has 2 aromatic rings. The summed E-state index contributed by atoms with van der Waals surface area (Å²) >= 11 is 5.94. The van der Waals surface area contributed by atoms with E-state index in [1.165, 1.54) is 36.4 Å². The summed E-state index contributed by atoms with van der Waals surface area (Å²) in [6.07, 6.45) is 2.50. The smallest absolute Gasteiger partial charge is 0.270 e. The van der Waals surface area contributed by atoms with Gasteiger partial charge in [0.1, 0.15) is 0 Å². The fourth-order valence-corrected chi connectivity index (χ4v) is 2.10. The second kappa shape index (κ2) is 7.38. The van der Waals surface area contributed by atoms with Crippen molar-refractivity contribution in [2.45, 2.75) is 0 Å². The molecule has 0 atom stereocenters. The Morgan fingerprint density at radius 2 is 1.92 bits per heavy atom. The highest BCUT2D eigenvalue weighted by Gasteiger charge is 2.10. The first-order chi connectivity index (χ1) is 11.4. The van der Waals surface area contributed by atoms with Gasteiger partial charge in [-0.15, -0.1) is 0 Å². The van der Waals surface area contributed by atoms with Crippen LogP contribution in [0.2, 0.25) is 5.02 Å². The summed E-state index contributed by atoms with van der Waals surface area (Å²) in [5.74, 6) is -1.21. The number of carbonyl (C=O) groups excluding carboxylic acids is 2. The largest absolute Gasteiger partial charge is 0.366 e. The first-order valence-electron chi connectivity index (χ1n) is 6.70. The van der Waals surface area contributed by atoms with E-state index in [4.69, 9.17) is 17.3 Å². The fourth-order valence-electron chi connectivity index (χ4n) is 1.92. The van der Waals surface area contributed by atoms with E-state index in [0.717, 1.165) is 6.08 Å². The number of halogens is 1. The second-order valence-electron chi connectivity index (χ2n) is 4.70. The van der Waals surface area contributed by atoms with Crippen LogP contribution in [0.4, 0.5) is 11.4 Å². The molecule has 0 heterocycles. The van der Waals surface area contributed by atoms with Crippen LogP contribution in [0.25, 0.3) is 6.08 Å². The first kappa shape index (κ1) is 17.2. The quantitative estimate of drug-likeness (QED) is 0.492. The number of rotatable bonds is 5. The van der Waals surface area contributed by atoms with E-state index in [1.54, 1.807) is 12.1 Å². The predicted molar refractivity (Wildman–Crippen MR) is 90.7 cm³/mol. The van der Waals surface area contributed by atoms with Gasteiger partial charge in [0.15, 0.2) is 0 Å². The van der Waals surface area contributed by atoms with Crippen LogP contribution in [-0.4, -0.2) is 16.7 Å². The lowest BCUT2D eigenvalue weighted by Crippen LogP contribution is -2.16. The monoisotopic (exact) mass is 345 g/mol. The van der Waals surface area contributed by atoms with E-state index in [9.17, 15) is 19.7 Å². The van der Waals surface area contributed by atoms with Crippen LogP contribution in [0.5, 0.6) is 0 Å². The molecule has 2 aromatic carbocycles. The molecule has 122 valence electrons. The number of amides is 2. The third kappa shape index (κ3) is 4.17. The van der Waals surface area contributed by atoms with Crippen molar-refractivity contribution in [2.24, 2.45) is 5.73 Å². The number of hydrogen-bond donors (Lipinski definition) is 2. The maximum absolute atomic E-state index is 12.0. The normalized spacial score (nSPS) is 10.5. The Kier molecular flexibility index (Phi) is 5.28. The van der Waals surface area contributed by atoms with Gasteiger partial charge < -0.3 is 11.1 Å². The first-order valence-corrected chi connectivity index (χ1v) is 7.08. The highest BCUT2D eigenvalue weighted by atomic mass is 35.5.